The van der Waals surface area contributed by atoms with Gasteiger partial charge in [-0.2, -0.15) is 5.26 Å². The van der Waals surface area contributed by atoms with Gasteiger partial charge in [0.05, 0.1) is 17.6 Å². The Morgan fingerprint density at radius 3 is 2.42 bits per heavy atom. The predicted octanol–water partition coefficient (Wildman–Crippen LogP) is 2.75. The molecular weight excluding hydrogens is 348 g/mol. The number of rotatable bonds is 3. The first-order chi connectivity index (χ1) is 12.0. The molecule has 2 saturated heterocycles. The van der Waals surface area contributed by atoms with E-state index in [0.29, 0.717) is 23.6 Å². The molecule has 142 valence electrons. The van der Waals surface area contributed by atoms with Gasteiger partial charge in [-0.15, -0.1) is 12.4 Å². The Labute approximate surface area is 163 Å². The van der Waals surface area contributed by atoms with E-state index in [-0.39, 0.29) is 18.3 Å². The van der Waals surface area contributed by atoms with E-state index in [1.807, 2.05) is 24.3 Å². The molecule has 1 aromatic rings. The largest absolute Gasteiger partial charge is 0.371 e. The minimum Gasteiger partial charge on any atom is -0.371 e. The van der Waals surface area contributed by atoms with Crippen molar-refractivity contribution in [3.05, 3.63) is 29.8 Å². The maximum absolute atomic E-state index is 12.9. The van der Waals surface area contributed by atoms with Gasteiger partial charge in [0.15, 0.2) is 0 Å². The third-order valence-electron chi connectivity index (χ3n) is 5.55. The number of amides is 1. The van der Waals surface area contributed by atoms with Gasteiger partial charge in [-0.1, -0.05) is 0 Å². The summed E-state index contributed by atoms with van der Waals surface area (Å²) in [4.78, 5) is 19.7. The first-order valence-corrected chi connectivity index (χ1v) is 9.29. The summed E-state index contributed by atoms with van der Waals surface area (Å²) in [6.07, 6.45) is 0.914. The van der Waals surface area contributed by atoms with Gasteiger partial charge in [0.1, 0.15) is 0 Å². The van der Waals surface area contributed by atoms with Gasteiger partial charge in [0.25, 0.3) is 0 Å². The summed E-state index contributed by atoms with van der Waals surface area (Å²) in [6.45, 7) is 11.0. The summed E-state index contributed by atoms with van der Waals surface area (Å²) in [5, 5.41) is 8.91. The highest BCUT2D eigenvalue weighted by atomic mass is 35.5. The highest BCUT2D eigenvalue weighted by Crippen LogP contribution is 2.26. The van der Waals surface area contributed by atoms with E-state index in [1.54, 1.807) is 0 Å². The SMILES string of the molecule is CC(C)N1CCN(C(=O)[C@H]2CCN(c3ccc(C#N)cc3)C2)C[C@@H]1C.Cl. The average Bonchev–Trinajstić information content (AvgIpc) is 3.10. The molecule has 2 heterocycles. The van der Waals surface area contributed by atoms with Crippen molar-refractivity contribution in [2.75, 3.05) is 37.6 Å². The maximum atomic E-state index is 12.9. The molecule has 6 heteroatoms. The number of carbonyl (C=O) groups excluding carboxylic acids is 1. The van der Waals surface area contributed by atoms with Gasteiger partial charge in [-0.25, -0.2) is 0 Å². The zero-order valence-electron chi connectivity index (χ0n) is 15.9. The van der Waals surface area contributed by atoms with Crippen LogP contribution in [0.4, 0.5) is 5.69 Å². The van der Waals surface area contributed by atoms with Crippen LogP contribution in [-0.2, 0) is 4.79 Å². The lowest BCUT2D eigenvalue weighted by atomic mass is 10.0. The number of carbonyl (C=O) groups is 1. The number of anilines is 1. The molecule has 1 aromatic carbocycles. The minimum absolute atomic E-state index is 0. The van der Waals surface area contributed by atoms with Gasteiger partial charge in [0.2, 0.25) is 5.91 Å². The Hall–Kier alpha value is -1.77. The van der Waals surface area contributed by atoms with Gasteiger partial charge in [-0.3, -0.25) is 9.69 Å². The van der Waals surface area contributed by atoms with Crippen LogP contribution in [0.3, 0.4) is 0 Å². The zero-order chi connectivity index (χ0) is 18.0. The lowest BCUT2D eigenvalue weighted by Crippen LogP contribution is -2.56. The van der Waals surface area contributed by atoms with Crippen molar-refractivity contribution in [3.8, 4) is 6.07 Å². The van der Waals surface area contributed by atoms with Crippen molar-refractivity contribution in [2.45, 2.75) is 39.3 Å². The molecule has 0 bridgehead atoms. The predicted molar refractivity (Wildman–Crippen MR) is 107 cm³/mol. The molecule has 26 heavy (non-hydrogen) atoms. The van der Waals surface area contributed by atoms with Gasteiger partial charge in [0, 0.05) is 50.5 Å². The standard InChI is InChI=1S/C20H28N4O.ClH/c1-15(2)24-11-10-23(13-16(24)3)20(25)18-8-9-22(14-18)19-6-4-17(12-21)5-7-19;/h4-7,15-16,18H,8-11,13-14H2,1-3H3;1H/t16-,18-;/m0./s1. The van der Waals surface area contributed by atoms with Crippen LogP contribution in [0.25, 0.3) is 0 Å². The van der Waals surface area contributed by atoms with Gasteiger partial charge < -0.3 is 9.80 Å². The Bertz CT molecular complexity index is 655. The van der Waals surface area contributed by atoms with Crippen molar-refractivity contribution in [2.24, 2.45) is 5.92 Å². The molecule has 2 aliphatic rings. The summed E-state index contributed by atoms with van der Waals surface area (Å²) < 4.78 is 0. The normalized spacial score (nSPS) is 23.7. The fraction of sp³-hybridized carbons (Fsp3) is 0.600. The van der Waals surface area contributed by atoms with E-state index in [9.17, 15) is 4.79 Å². The van der Waals surface area contributed by atoms with Crippen molar-refractivity contribution in [3.63, 3.8) is 0 Å². The molecule has 2 atom stereocenters. The lowest BCUT2D eigenvalue weighted by Gasteiger charge is -2.42. The molecule has 0 N–H and O–H groups in total. The first kappa shape index (κ1) is 20.5. The third kappa shape index (κ3) is 4.31. The summed E-state index contributed by atoms with van der Waals surface area (Å²) >= 11 is 0. The second-order valence-corrected chi connectivity index (χ2v) is 7.56. The summed E-state index contributed by atoms with van der Waals surface area (Å²) in [5.74, 6) is 0.403. The monoisotopic (exact) mass is 376 g/mol. The molecule has 2 fully saturated rings. The van der Waals surface area contributed by atoms with Gasteiger partial charge >= 0.3 is 0 Å². The quantitative estimate of drug-likeness (QED) is 0.813. The summed E-state index contributed by atoms with van der Waals surface area (Å²) in [6, 6.07) is 10.8. The number of nitrogens with zero attached hydrogens (tertiary/aromatic N) is 4. The molecule has 0 spiro atoms. The van der Waals surface area contributed by atoms with E-state index in [1.165, 1.54) is 0 Å². The highest BCUT2D eigenvalue weighted by molar-refractivity contribution is 5.85. The zero-order valence-corrected chi connectivity index (χ0v) is 16.7. The number of hydrogen-bond acceptors (Lipinski definition) is 4. The van der Waals surface area contributed by atoms with Crippen LogP contribution >= 0.6 is 12.4 Å². The van der Waals surface area contributed by atoms with E-state index >= 15 is 0 Å². The first-order valence-electron chi connectivity index (χ1n) is 9.29. The number of nitriles is 1. The van der Waals surface area contributed by atoms with E-state index in [0.717, 1.165) is 44.8 Å². The fourth-order valence-corrected chi connectivity index (χ4v) is 4.14. The second-order valence-electron chi connectivity index (χ2n) is 7.56. The van der Waals surface area contributed by atoms with Crippen LogP contribution in [0.2, 0.25) is 0 Å². The summed E-state index contributed by atoms with van der Waals surface area (Å²) in [5.41, 5.74) is 1.78. The van der Waals surface area contributed by atoms with Crippen LogP contribution in [0.1, 0.15) is 32.8 Å². The van der Waals surface area contributed by atoms with Crippen LogP contribution in [0.5, 0.6) is 0 Å². The molecule has 0 radical (unpaired) electrons. The molecule has 0 aromatic heterocycles. The van der Waals surface area contributed by atoms with Crippen molar-refractivity contribution in [1.29, 1.82) is 5.26 Å². The van der Waals surface area contributed by atoms with E-state index in [2.05, 4.69) is 41.5 Å². The Kier molecular flexibility index (Phi) is 6.91. The molecule has 0 aliphatic carbocycles. The number of benzene rings is 1. The third-order valence-corrected chi connectivity index (χ3v) is 5.55. The van der Waals surface area contributed by atoms with Crippen LogP contribution in [0, 0.1) is 17.2 Å². The lowest BCUT2D eigenvalue weighted by molar-refractivity contribution is -0.138. The number of halogens is 1. The molecule has 3 rings (SSSR count). The Morgan fingerprint density at radius 1 is 1.15 bits per heavy atom. The van der Waals surface area contributed by atoms with E-state index < -0.39 is 0 Å². The molecule has 0 unspecified atom stereocenters. The minimum atomic E-state index is 0. The molecule has 2 aliphatic heterocycles. The van der Waals surface area contributed by atoms with Crippen LogP contribution in [0.15, 0.2) is 24.3 Å². The Balaban J connectivity index is 0.00000243. The number of hydrogen-bond donors (Lipinski definition) is 0. The Morgan fingerprint density at radius 2 is 1.85 bits per heavy atom. The van der Waals surface area contributed by atoms with Gasteiger partial charge in [-0.05, 0) is 51.5 Å². The van der Waals surface area contributed by atoms with Crippen molar-refractivity contribution in [1.82, 2.24) is 9.80 Å². The van der Waals surface area contributed by atoms with Crippen LogP contribution < -0.4 is 4.90 Å². The summed E-state index contributed by atoms with van der Waals surface area (Å²) in [7, 11) is 0. The topological polar surface area (TPSA) is 50.6 Å². The fourth-order valence-electron chi connectivity index (χ4n) is 4.14. The van der Waals surface area contributed by atoms with E-state index in [4.69, 9.17) is 5.26 Å². The maximum Gasteiger partial charge on any atom is 0.227 e. The van der Waals surface area contributed by atoms with Crippen molar-refractivity contribution < 1.29 is 4.79 Å². The molecule has 0 saturated carbocycles. The average molecular weight is 377 g/mol. The van der Waals surface area contributed by atoms with Crippen molar-refractivity contribution >= 4 is 24.0 Å². The number of piperazine rings is 1. The second kappa shape index (κ2) is 8.75. The van der Waals surface area contributed by atoms with Crippen LogP contribution in [-0.4, -0.2) is 60.5 Å². The molecular formula is C20H29ClN4O. The highest BCUT2D eigenvalue weighted by Gasteiger charge is 2.35. The smallest absolute Gasteiger partial charge is 0.227 e. The molecule has 1 amide bonds. The molecule has 5 nitrogen and oxygen atoms in total.